The average Bonchev–Trinajstić information content (AvgIpc) is 2.44. The molecule has 10 atom stereocenters. The molecule has 0 aromatic rings. The smallest absolute Gasteiger partial charge is 0.187 e. The lowest BCUT2D eigenvalue weighted by molar-refractivity contribution is -0.349. The van der Waals surface area contributed by atoms with Gasteiger partial charge in [-0.1, -0.05) is 0 Å². The highest BCUT2D eigenvalue weighted by Gasteiger charge is 2.48. The molecule has 21 heavy (non-hydrogen) atoms. The molecule has 2 saturated heterocycles. The summed E-state index contributed by atoms with van der Waals surface area (Å²) in [4.78, 5) is 0. The zero-order valence-corrected chi connectivity index (χ0v) is 11.7. The molecule has 0 unspecified atom stereocenters. The number of hydrogen-bond donors (Lipinski definition) is 6. The summed E-state index contributed by atoms with van der Waals surface area (Å²) < 4.78 is 15.4. The SMILES string of the molecule is C[C@@H]1O[C@@H](O[C@@H]2[C@H](O)[C@H](O)O[C@H](C)[C@H]2O)[C@@H](O)[C@@H](O)[C@@H]1O. The number of aliphatic hydroxyl groups is 6. The molecule has 0 spiro atoms. The van der Waals surface area contributed by atoms with Crippen molar-refractivity contribution in [1.82, 2.24) is 0 Å². The van der Waals surface area contributed by atoms with Crippen LogP contribution in [0.25, 0.3) is 0 Å². The van der Waals surface area contributed by atoms with Gasteiger partial charge in [-0.3, -0.25) is 0 Å². The van der Waals surface area contributed by atoms with E-state index in [2.05, 4.69) is 0 Å². The van der Waals surface area contributed by atoms with Crippen LogP contribution in [0.4, 0.5) is 0 Å². The topological polar surface area (TPSA) is 149 Å². The van der Waals surface area contributed by atoms with Crippen LogP contribution in [0.3, 0.4) is 0 Å². The van der Waals surface area contributed by atoms with Crippen LogP contribution in [-0.4, -0.2) is 92.1 Å². The van der Waals surface area contributed by atoms with E-state index in [0.717, 1.165) is 0 Å². The first-order valence-electron chi connectivity index (χ1n) is 6.78. The Morgan fingerprint density at radius 3 is 1.86 bits per heavy atom. The average molecular weight is 310 g/mol. The van der Waals surface area contributed by atoms with Crippen molar-refractivity contribution in [2.45, 2.75) is 75.3 Å². The first-order valence-corrected chi connectivity index (χ1v) is 6.78. The zero-order valence-electron chi connectivity index (χ0n) is 11.7. The molecule has 2 aliphatic rings. The summed E-state index contributed by atoms with van der Waals surface area (Å²) in [5.41, 5.74) is 0. The standard InChI is InChI=1S/C12H22O9/c1-3-5(13)7(15)8(16)12(20-3)21-10-6(14)4(2)19-11(18)9(10)17/h3-18H,1-2H3/t3-,4+,5+,6+,7-,8-,9-,10-,11+,12-/m0/s1. The van der Waals surface area contributed by atoms with E-state index < -0.39 is 61.4 Å². The maximum atomic E-state index is 9.96. The molecule has 0 aromatic heterocycles. The van der Waals surface area contributed by atoms with Gasteiger partial charge in [-0.05, 0) is 13.8 Å². The molecule has 2 fully saturated rings. The minimum atomic E-state index is -1.56. The zero-order chi connectivity index (χ0) is 15.9. The Kier molecular flexibility index (Phi) is 5.19. The van der Waals surface area contributed by atoms with E-state index >= 15 is 0 Å². The van der Waals surface area contributed by atoms with Crippen LogP contribution in [0.2, 0.25) is 0 Å². The van der Waals surface area contributed by atoms with E-state index in [0.29, 0.717) is 0 Å². The summed E-state index contributed by atoms with van der Waals surface area (Å²) in [5, 5.41) is 58.4. The highest BCUT2D eigenvalue weighted by atomic mass is 16.7. The van der Waals surface area contributed by atoms with Crippen molar-refractivity contribution in [1.29, 1.82) is 0 Å². The lowest BCUT2D eigenvalue weighted by Gasteiger charge is -2.44. The van der Waals surface area contributed by atoms with Crippen LogP contribution in [0.1, 0.15) is 13.8 Å². The fraction of sp³-hybridized carbons (Fsp3) is 1.00. The third kappa shape index (κ3) is 3.21. The van der Waals surface area contributed by atoms with Gasteiger partial charge in [0.2, 0.25) is 0 Å². The summed E-state index contributed by atoms with van der Waals surface area (Å²) in [5.74, 6) is 0. The van der Waals surface area contributed by atoms with E-state index in [4.69, 9.17) is 14.2 Å². The fourth-order valence-electron chi connectivity index (χ4n) is 2.45. The van der Waals surface area contributed by atoms with Crippen LogP contribution in [-0.2, 0) is 14.2 Å². The third-order valence-corrected chi connectivity index (χ3v) is 3.90. The Hall–Kier alpha value is -0.360. The largest absolute Gasteiger partial charge is 0.388 e. The molecule has 2 heterocycles. The van der Waals surface area contributed by atoms with Crippen molar-refractivity contribution in [2.75, 3.05) is 0 Å². The molecule has 124 valence electrons. The quantitative estimate of drug-likeness (QED) is 0.308. The van der Waals surface area contributed by atoms with Crippen LogP contribution >= 0.6 is 0 Å². The van der Waals surface area contributed by atoms with Crippen molar-refractivity contribution in [2.24, 2.45) is 0 Å². The molecule has 0 bridgehead atoms. The predicted molar refractivity (Wildman–Crippen MR) is 65.8 cm³/mol. The minimum absolute atomic E-state index is 0.804. The second-order valence-electron chi connectivity index (χ2n) is 5.50. The first kappa shape index (κ1) is 17.0. The molecular formula is C12H22O9. The molecule has 2 rings (SSSR count). The van der Waals surface area contributed by atoms with Gasteiger partial charge in [0.05, 0.1) is 12.2 Å². The second-order valence-corrected chi connectivity index (χ2v) is 5.50. The number of hydrogen-bond acceptors (Lipinski definition) is 9. The Morgan fingerprint density at radius 2 is 1.24 bits per heavy atom. The van der Waals surface area contributed by atoms with Gasteiger partial charge >= 0.3 is 0 Å². The lowest BCUT2D eigenvalue weighted by atomic mass is 9.97. The van der Waals surface area contributed by atoms with Crippen molar-refractivity contribution >= 4 is 0 Å². The van der Waals surface area contributed by atoms with E-state index in [1.165, 1.54) is 13.8 Å². The summed E-state index contributed by atoms with van der Waals surface area (Å²) >= 11 is 0. The maximum absolute atomic E-state index is 9.96. The summed E-state index contributed by atoms with van der Waals surface area (Å²) in [6.07, 6.45) is -13.0. The molecule has 0 saturated carbocycles. The molecule has 0 radical (unpaired) electrons. The van der Waals surface area contributed by atoms with Gasteiger partial charge in [-0.25, -0.2) is 0 Å². The fourth-order valence-corrected chi connectivity index (χ4v) is 2.45. The monoisotopic (exact) mass is 310 g/mol. The van der Waals surface area contributed by atoms with Gasteiger partial charge in [0.25, 0.3) is 0 Å². The Morgan fingerprint density at radius 1 is 0.667 bits per heavy atom. The highest BCUT2D eigenvalue weighted by molar-refractivity contribution is 4.92. The summed E-state index contributed by atoms with van der Waals surface area (Å²) in [6, 6.07) is 0. The van der Waals surface area contributed by atoms with Gasteiger partial charge in [-0.15, -0.1) is 0 Å². The normalized spacial score (nSPS) is 55.4. The van der Waals surface area contributed by atoms with E-state index in [1.54, 1.807) is 0 Å². The third-order valence-electron chi connectivity index (χ3n) is 3.90. The van der Waals surface area contributed by atoms with Crippen molar-refractivity contribution in [3.8, 4) is 0 Å². The van der Waals surface area contributed by atoms with Gasteiger partial charge in [0.1, 0.15) is 36.6 Å². The first-order chi connectivity index (χ1) is 9.73. The second kappa shape index (κ2) is 6.41. The van der Waals surface area contributed by atoms with E-state index in [-0.39, 0.29) is 0 Å². The van der Waals surface area contributed by atoms with Crippen LogP contribution in [0, 0.1) is 0 Å². The van der Waals surface area contributed by atoms with Crippen molar-refractivity contribution in [3.05, 3.63) is 0 Å². The van der Waals surface area contributed by atoms with Crippen LogP contribution in [0.15, 0.2) is 0 Å². The molecule has 0 amide bonds. The molecule has 2 aliphatic heterocycles. The van der Waals surface area contributed by atoms with Crippen LogP contribution < -0.4 is 0 Å². The van der Waals surface area contributed by atoms with Gasteiger partial charge in [-0.2, -0.15) is 0 Å². The van der Waals surface area contributed by atoms with Crippen molar-refractivity contribution in [3.63, 3.8) is 0 Å². The lowest BCUT2D eigenvalue weighted by Crippen LogP contribution is -2.63. The Balaban J connectivity index is 2.08. The summed E-state index contributed by atoms with van der Waals surface area (Å²) in [6.45, 7) is 2.96. The Labute approximate surface area is 121 Å². The van der Waals surface area contributed by atoms with E-state index in [1.807, 2.05) is 0 Å². The molecule has 9 nitrogen and oxygen atoms in total. The minimum Gasteiger partial charge on any atom is -0.388 e. The van der Waals surface area contributed by atoms with Gasteiger partial charge < -0.3 is 44.8 Å². The molecule has 6 N–H and O–H groups in total. The Bertz CT molecular complexity index is 340. The van der Waals surface area contributed by atoms with Gasteiger partial charge in [0.15, 0.2) is 12.6 Å². The van der Waals surface area contributed by atoms with Crippen molar-refractivity contribution < 1.29 is 44.8 Å². The molecule has 0 aliphatic carbocycles. The summed E-state index contributed by atoms with van der Waals surface area (Å²) in [7, 11) is 0. The molecule has 9 heteroatoms. The van der Waals surface area contributed by atoms with Gasteiger partial charge in [0, 0.05) is 0 Å². The molecular weight excluding hydrogens is 288 g/mol. The number of rotatable bonds is 2. The molecule has 0 aromatic carbocycles. The number of aliphatic hydroxyl groups excluding tert-OH is 6. The van der Waals surface area contributed by atoms with Crippen LogP contribution in [0.5, 0.6) is 0 Å². The van der Waals surface area contributed by atoms with E-state index in [9.17, 15) is 30.6 Å². The maximum Gasteiger partial charge on any atom is 0.187 e. The highest BCUT2D eigenvalue weighted by Crippen LogP contribution is 2.28. The number of ether oxygens (including phenoxy) is 3. The predicted octanol–water partition coefficient (Wildman–Crippen LogP) is -3.34.